The van der Waals surface area contributed by atoms with E-state index in [-0.39, 0.29) is 0 Å². The van der Waals surface area contributed by atoms with Crippen molar-refractivity contribution in [1.29, 1.82) is 0 Å². The number of nitrogens with one attached hydrogen (secondary N) is 1. The zero-order valence-electron chi connectivity index (χ0n) is 11.2. The van der Waals surface area contributed by atoms with Crippen molar-refractivity contribution in [2.75, 3.05) is 13.1 Å². The summed E-state index contributed by atoms with van der Waals surface area (Å²) in [5, 5.41) is 3.39. The predicted molar refractivity (Wildman–Crippen MR) is 74.8 cm³/mol. The second-order valence-corrected chi connectivity index (χ2v) is 5.55. The van der Waals surface area contributed by atoms with Gasteiger partial charge in [-0.3, -0.25) is 4.99 Å². The highest BCUT2D eigenvalue weighted by Crippen LogP contribution is 2.46. The van der Waals surface area contributed by atoms with Gasteiger partial charge in [0.2, 0.25) is 0 Å². The molecule has 1 aliphatic carbocycles. The largest absolute Gasteiger partial charge is 0.370 e. The first-order valence-electron chi connectivity index (χ1n) is 6.78. The van der Waals surface area contributed by atoms with Crippen LogP contribution in [0.3, 0.4) is 0 Å². The van der Waals surface area contributed by atoms with Gasteiger partial charge in [0.15, 0.2) is 0 Å². The van der Waals surface area contributed by atoms with Gasteiger partial charge >= 0.3 is 0 Å². The molecule has 0 radical (unpaired) electrons. The van der Waals surface area contributed by atoms with E-state index in [4.69, 9.17) is 5.73 Å². The molecule has 3 N–H and O–H groups in total. The van der Waals surface area contributed by atoms with Crippen LogP contribution in [0.5, 0.6) is 0 Å². The smallest absolute Gasteiger partial charge is 0.122 e. The zero-order valence-corrected chi connectivity index (χ0v) is 11.2. The normalized spacial score (nSPS) is 22.3. The van der Waals surface area contributed by atoms with Gasteiger partial charge in [-0.25, -0.2) is 0 Å². The number of nitrogens with two attached hydrogens (primary N) is 1. The van der Waals surface area contributed by atoms with E-state index in [1.807, 2.05) is 0 Å². The highest BCUT2D eigenvalue weighted by atomic mass is 15.1. The van der Waals surface area contributed by atoms with E-state index in [9.17, 15) is 0 Å². The van der Waals surface area contributed by atoms with Crippen LogP contribution in [0, 0.1) is 19.8 Å². The number of rotatable bonds is 3. The Bertz CT molecular complexity index is 502. The molecule has 2 aliphatic rings. The molecule has 0 amide bonds. The van der Waals surface area contributed by atoms with Crippen LogP contribution in [0.25, 0.3) is 0 Å². The Hall–Kier alpha value is -1.35. The number of hydrogen-bond acceptors (Lipinski definition) is 3. The third kappa shape index (κ3) is 1.65. The first kappa shape index (κ1) is 11.7. The second kappa shape index (κ2) is 4.09. The number of hydrogen-bond donors (Lipinski definition) is 2. The van der Waals surface area contributed by atoms with Crippen molar-refractivity contribution in [1.82, 2.24) is 5.32 Å². The van der Waals surface area contributed by atoms with Gasteiger partial charge in [0.25, 0.3) is 0 Å². The van der Waals surface area contributed by atoms with E-state index >= 15 is 0 Å². The second-order valence-electron chi connectivity index (χ2n) is 5.55. The maximum Gasteiger partial charge on any atom is 0.122 e. The highest BCUT2D eigenvalue weighted by molar-refractivity contribution is 5.94. The molecule has 3 heteroatoms. The SMILES string of the molecule is Cc1cccc(C(N)(C2=NCCN2)C2CC2)c1C. The summed E-state index contributed by atoms with van der Waals surface area (Å²) >= 11 is 0. The van der Waals surface area contributed by atoms with Gasteiger partial charge in [0.05, 0.1) is 6.54 Å². The lowest BCUT2D eigenvalue weighted by Crippen LogP contribution is -2.52. The lowest BCUT2D eigenvalue weighted by molar-refractivity contribution is 0.509. The molecule has 1 saturated carbocycles. The van der Waals surface area contributed by atoms with Crippen LogP contribution in [0.2, 0.25) is 0 Å². The summed E-state index contributed by atoms with van der Waals surface area (Å²) in [5.41, 5.74) is 10.3. The van der Waals surface area contributed by atoms with E-state index in [0.717, 1.165) is 18.9 Å². The molecule has 18 heavy (non-hydrogen) atoms. The van der Waals surface area contributed by atoms with Gasteiger partial charge < -0.3 is 11.1 Å². The third-order valence-electron chi connectivity index (χ3n) is 4.34. The molecule has 1 atom stereocenters. The summed E-state index contributed by atoms with van der Waals surface area (Å²) in [5.74, 6) is 1.54. The maximum atomic E-state index is 6.81. The van der Waals surface area contributed by atoms with Crippen molar-refractivity contribution in [3.63, 3.8) is 0 Å². The van der Waals surface area contributed by atoms with Crippen LogP contribution in [0.4, 0.5) is 0 Å². The number of aliphatic imine (C=N–C) groups is 1. The summed E-state index contributed by atoms with van der Waals surface area (Å²) in [6.07, 6.45) is 2.43. The third-order valence-corrected chi connectivity index (χ3v) is 4.34. The molecular weight excluding hydrogens is 222 g/mol. The fraction of sp³-hybridized carbons (Fsp3) is 0.533. The highest BCUT2D eigenvalue weighted by Gasteiger charge is 2.48. The van der Waals surface area contributed by atoms with E-state index < -0.39 is 5.54 Å². The summed E-state index contributed by atoms with van der Waals surface area (Å²) in [6.45, 7) is 6.10. The molecule has 1 aromatic carbocycles. The molecule has 3 rings (SSSR count). The fourth-order valence-corrected chi connectivity index (χ4v) is 2.95. The molecule has 1 aromatic rings. The summed E-state index contributed by atoms with van der Waals surface area (Å²) in [7, 11) is 0. The predicted octanol–water partition coefficient (Wildman–Crippen LogP) is 1.87. The summed E-state index contributed by atoms with van der Waals surface area (Å²) in [4.78, 5) is 4.60. The Kier molecular flexibility index (Phi) is 2.67. The van der Waals surface area contributed by atoms with Gasteiger partial charge in [-0.2, -0.15) is 0 Å². The van der Waals surface area contributed by atoms with E-state index in [0.29, 0.717) is 5.92 Å². The van der Waals surface area contributed by atoms with E-state index in [1.165, 1.54) is 29.5 Å². The Morgan fingerprint density at radius 1 is 1.33 bits per heavy atom. The van der Waals surface area contributed by atoms with Crippen molar-refractivity contribution in [3.8, 4) is 0 Å². The number of aryl methyl sites for hydroxylation is 1. The van der Waals surface area contributed by atoms with E-state index in [2.05, 4.69) is 42.4 Å². The zero-order chi connectivity index (χ0) is 12.8. The van der Waals surface area contributed by atoms with Crippen LogP contribution in [0.1, 0.15) is 29.5 Å². The fourth-order valence-electron chi connectivity index (χ4n) is 2.95. The van der Waals surface area contributed by atoms with Crippen molar-refractivity contribution in [2.45, 2.75) is 32.2 Å². The van der Waals surface area contributed by atoms with Crippen LogP contribution in [-0.2, 0) is 5.54 Å². The summed E-state index contributed by atoms with van der Waals surface area (Å²) in [6, 6.07) is 6.43. The average Bonchev–Trinajstić information content (AvgIpc) is 3.07. The standard InChI is InChI=1S/C15H21N3/c1-10-4-3-5-13(11(10)2)15(16,12-6-7-12)14-17-8-9-18-14/h3-5,12H,6-9,16H2,1-2H3,(H,17,18). The van der Waals surface area contributed by atoms with Crippen molar-refractivity contribution < 1.29 is 0 Å². The molecule has 0 bridgehead atoms. The van der Waals surface area contributed by atoms with Gasteiger partial charge in [-0.15, -0.1) is 0 Å². The number of amidine groups is 1. The molecule has 1 fully saturated rings. The van der Waals surface area contributed by atoms with Crippen molar-refractivity contribution in [2.24, 2.45) is 16.6 Å². The van der Waals surface area contributed by atoms with Crippen LogP contribution in [-0.4, -0.2) is 18.9 Å². The molecular formula is C15H21N3. The molecule has 3 nitrogen and oxygen atoms in total. The van der Waals surface area contributed by atoms with E-state index in [1.54, 1.807) is 0 Å². The van der Waals surface area contributed by atoms with Crippen LogP contribution >= 0.6 is 0 Å². The molecule has 0 spiro atoms. The lowest BCUT2D eigenvalue weighted by atomic mass is 9.81. The molecule has 0 aromatic heterocycles. The quantitative estimate of drug-likeness (QED) is 0.851. The first-order chi connectivity index (χ1) is 8.64. The minimum atomic E-state index is -0.396. The van der Waals surface area contributed by atoms with Crippen molar-refractivity contribution >= 4 is 5.84 Å². The number of nitrogens with zero attached hydrogens (tertiary/aromatic N) is 1. The van der Waals surface area contributed by atoms with Gasteiger partial charge in [0, 0.05) is 6.54 Å². The molecule has 1 heterocycles. The van der Waals surface area contributed by atoms with Crippen molar-refractivity contribution in [3.05, 3.63) is 34.9 Å². The lowest BCUT2D eigenvalue weighted by Gasteiger charge is -2.32. The Balaban J connectivity index is 2.11. The molecule has 1 unspecified atom stereocenters. The molecule has 96 valence electrons. The van der Waals surface area contributed by atoms with Gasteiger partial charge in [-0.1, -0.05) is 18.2 Å². The van der Waals surface area contributed by atoms with Gasteiger partial charge in [0.1, 0.15) is 11.4 Å². The minimum Gasteiger partial charge on any atom is -0.370 e. The van der Waals surface area contributed by atoms with Crippen LogP contribution in [0.15, 0.2) is 23.2 Å². The Morgan fingerprint density at radius 3 is 2.72 bits per heavy atom. The topological polar surface area (TPSA) is 50.4 Å². The average molecular weight is 243 g/mol. The summed E-state index contributed by atoms with van der Waals surface area (Å²) < 4.78 is 0. The Labute approximate surface area is 108 Å². The van der Waals surface area contributed by atoms with Gasteiger partial charge in [-0.05, 0) is 49.3 Å². The minimum absolute atomic E-state index is 0.396. The number of benzene rings is 1. The monoisotopic (exact) mass is 243 g/mol. The molecule has 0 saturated heterocycles. The Morgan fingerprint density at radius 2 is 2.11 bits per heavy atom. The molecule has 1 aliphatic heterocycles. The first-order valence-corrected chi connectivity index (χ1v) is 6.78. The maximum absolute atomic E-state index is 6.81. The van der Waals surface area contributed by atoms with Crippen LogP contribution < -0.4 is 11.1 Å².